The maximum atomic E-state index is 6.19. The first kappa shape index (κ1) is 17.4. The summed E-state index contributed by atoms with van der Waals surface area (Å²) in [6, 6.07) is 5.41. The van der Waals surface area contributed by atoms with Crippen LogP contribution >= 0.6 is 23.2 Å². The Labute approximate surface area is 142 Å². The minimum absolute atomic E-state index is 0.0283. The predicted octanol–water partition coefficient (Wildman–Crippen LogP) is 3.92. The minimum Gasteiger partial charge on any atom is -0.378 e. The van der Waals surface area contributed by atoms with Crippen LogP contribution in [0.4, 0.5) is 0 Å². The fourth-order valence-corrected chi connectivity index (χ4v) is 3.13. The maximum absolute atomic E-state index is 6.19. The van der Waals surface area contributed by atoms with E-state index in [4.69, 9.17) is 33.7 Å². The van der Waals surface area contributed by atoms with Crippen LogP contribution in [-0.2, 0) is 4.74 Å². The lowest BCUT2D eigenvalue weighted by atomic mass is 10.1. The molecule has 1 fully saturated rings. The molecule has 122 valence electrons. The summed E-state index contributed by atoms with van der Waals surface area (Å²) in [6.45, 7) is 3.53. The van der Waals surface area contributed by atoms with Crippen molar-refractivity contribution in [2.75, 3.05) is 13.2 Å². The van der Waals surface area contributed by atoms with Gasteiger partial charge >= 0.3 is 0 Å². The third-order valence-corrected chi connectivity index (χ3v) is 4.36. The molecule has 0 aliphatic carbocycles. The van der Waals surface area contributed by atoms with E-state index in [0.717, 1.165) is 25.0 Å². The Morgan fingerprint density at radius 3 is 2.95 bits per heavy atom. The number of nitrogens with two attached hydrogens (primary N) is 1. The highest BCUT2D eigenvalue weighted by atomic mass is 35.5. The molecule has 3 N–H and O–H groups in total. The Hall–Kier alpha value is -0.970. The molecule has 0 bridgehead atoms. The molecular weight excluding hydrogens is 321 g/mol. The first-order chi connectivity index (χ1) is 10.6. The number of hydrogen-bond acceptors (Lipinski definition) is 2. The third kappa shape index (κ3) is 5.34. The number of hydrogen-bond donors (Lipinski definition) is 2. The van der Waals surface area contributed by atoms with Crippen LogP contribution in [0.25, 0.3) is 0 Å². The zero-order valence-corrected chi connectivity index (χ0v) is 14.3. The van der Waals surface area contributed by atoms with Gasteiger partial charge in [0.2, 0.25) is 0 Å². The normalized spacial score (nSPS) is 20.7. The second kappa shape index (κ2) is 8.61. The van der Waals surface area contributed by atoms with Crippen LogP contribution in [0, 0.1) is 0 Å². The van der Waals surface area contributed by atoms with Gasteiger partial charge in [0.15, 0.2) is 5.96 Å². The molecule has 2 rings (SSSR count). The molecule has 1 heterocycles. The summed E-state index contributed by atoms with van der Waals surface area (Å²) in [5.74, 6) is 0.425. The summed E-state index contributed by atoms with van der Waals surface area (Å²) >= 11 is 12.1. The van der Waals surface area contributed by atoms with Crippen molar-refractivity contribution in [1.29, 1.82) is 0 Å². The number of halogens is 2. The van der Waals surface area contributed by atoms with E-state index in [9.17, 15) is 0 Å². The van der Waals surface area contributed by atoms with Crippen molar-refractivity contribution in [1.82, 2.24) is 5.32 Å². The van der Waals surface area contributed by atoms with Crippen molar-refractivity contribution in [3.63, 3.8) is 0 Å². The van der Waals surface area contributed by atoms with Crippen LogP contribution in [0.15, 0.2) is 23.2 Å². The largest absolute Gasteiger partial charge is 0.378 e. The van der Waals surface area contributed by atoms with Crippen LogP contribution in [0.2, 0.25) is 10.0 Å². The molecule has 1 aromatic rings. The van der Waals surface area contributed by atoms with Crippen molar-refractivity contribution in [3.8, 4) is 0 Å². The Morgan fingerprint density at radius 1 is 1.45 bits per heavy atom. The van der Waals surface area contributed by atoms with Crippen molar-refractivity contribution in [2.45, 2.75) is 44.8 Å². The molecule has 4 nitrogen and oxygen atoms in total. The molecule has 0 amide bonds. The first-order valence-corrected chi connectivity index (χ1v) is 8.45. The summed E-state index contributed by atoms with van der Waals surface area (Å²) in [4.78, 5) is 4.37. The third-order valence-electron chi connectivity index (χ3n) is 3.80. The summed E-state index contributed by atoms with van der Waals surface area (Å²) in [7, 11) is 0. The average molecular weight is 344 g/mol. The summed E-state index contributed by atoms with van der Waals surface area (Å²) in [6.07, 6.45) is 4.78. The Kier molecular flexibility index (Phi) is 6.80. The first-order valence-electron chi connectivity index (χ1n) is 7.69. The van der Waals surface area contributed by atoms with Gasteiger partial charge in [0, 0.05) is 23.2 Å². The highest BCUT2D eigenvalue weighted by Crippen LogP contribution is 2.25. The van der Waals surface area contributed by atoms with Crippen LogP contribution in [0.1, 0.15) is 44.2 Å². The number of rotatable bonds is 5. The highest BCUT2D eigenvalue weighted by Gasteiger charge is 2.13. The van der Waals surface area contributed by atoms with E-state index in [1.54, 1.807) is 6.07 Å². The lowest BCUT2D eigenvalue weighted by Crippen LogP contribution is -2.34. The van der Waals surface area contributed by atoms with Gasteiger partial charge in [0.25, 0.3) is 0 Å². The average Bonchev–Trinajstić information content (AvgIpc) is 2.48. The SMILES string of the molecule is CC(NC(N)=NCCC1CCCCO1)c1ccc(Cl)cc1Cl. The number of guanidine groups is 1. The molecular formula is C16H23Cl2N3O. The number of nitrogens with zero attached hydrogens (tertiary/aromatic N) is 1. The maximum Gasteiger partial charge on any atom is 0.189 e. The second-order valence-electron chi connectivity index (χ2n) is 5.58. The fraction of sp³-hybridized carbons (Fsp3) is 0.562. The summed E-state index contributed by atoms with van der Waals surface area (Å²) < 4.78 is 5.68. The van der Waals surface area contributed by atoms with Gasteiger partial charge in [-0.2, -0.15) is 0 Å². The van der Waals surface area contributed by atoms with Crippen LogP contribution in [0.3, 0.4) is 0 Å². The highest BCUT2D eigenvalue weighted by molar-refractivity contribution is 6.35. The van der Waals surface area contributed by atoms with E-state index >= 15 is 0 Å². The minimum atomic E-state index is -0.0283. The van der Waals surface area contributed by atoms with Crippen LogP contribution in [-0.4, -0.2) is 25.2 Å². The lowest BCUT2D eigenvalue weighted by Gasteiger charge is -2.22. The molecule has 1 aliphatic rings. The fourth-order valence-electron chi connectivity index (χ4n) is 2.56. The van der Waals surface area contributed by atoms with E-state index in [1.807, 2.05) is 19.1 Å². The van der Waals surface area contributed by atoms with E-state index in [2.05, 4.69) is 10.3 Å². The predicted molar refractivity (Wildman–Crippen MR) is 92.7 cm³/mol. The molecule has 1 saturated heterocycles. The Bertz CT molecular complexity index is 516. The van der Waals surface area contributed by atoms with E-state index in [1.165, 1.54) is 12.8 Å². The molecule has 2 unspecified atom stereocenters. The van der Waals surface area contributed by atoms with Gasteiger partial charge in [-0.15, -0.1) is 0 Å². The second-order valence-corrected chi connectivity index (χ2v) is 6.42. The van der Waals surface area contributed by atoms with Crippen molar-refractivity contribution < 1.29 is 4.74 Å². The van der Waals surface area contributed by atoms with Crippen molar-refractivity contribution in [2.24, 2.45) is 10.7 Å². The Balaban J connectivity index is 1.82. The van der Waals surface area contributed by atoms with Gasteiger partial charge in [-0.1, -0.05) is 29.3 Å². The van der Waals surface area contributed by atoms with Crippen LogP contribution < -0.4 is 11.1 Å². The summed E-state index contributed by atoms with van der Waals surface area (Å²) in [5, 5.41) is 4.40. The summed E-state index contributed by atoms with van der Waals surface area (Å²) in [5.41, 5.74) is 6.88. The molecule has 0 saturated carbocycles. The van der Waals surface area contributed by atoms with Gasteiger partial charge in [0.1, 0.15) is 0 Å². The molecule has 0 aromatic heterocycles. The van der Waals surface area contributed by atoms with E-state index in [0.29, 0.717) is 28.7 Å². The molecule has 22 heavy (non-hydrogen) atoms. The number of ether oxygens (including phenoxy) is 1. The molecule has 1 aliphatic heterocycles. The lowest BCUT2D eigenvalue weighted by molar-refractivity contribution is 0.0129. The molecule has 0 spiro atoms. The van der Waals surface area contributed by atoms with Gasteiger partial charge in [-0.25, -0.2) is 0 Å². The molecule has 0 radical (unpaired) electrons. The van der Waals surface area contributed by atoms with Crippen molar-refractivity contribution >= 4 is 29.2 Å². The zero-order valence-electron chi connectivity index (χ0n) is 12.8. The number of benzene rings is 1. The molecule has 1 aromatic carbocycles. The number of aliphatic imine (C=N–C) groups is 1. The van der Waals surface area contributed by atoms with Gasteiger partial charge in [-0.3, -0.25) is 4.99 Å². The topological polar surface area (TPSA) is 59.6 Å². The van der Waals surface area contributed by atoms with E-state index in [-0.39, 0.29) is 6.04 Å². The van der Waals surface area contributed by atoms with Crippen LogP contribution in [0.5, 0.6) is 0 Å². The van der Waals surface area contributed by atoms with Gasteiger partial charge < -0.3 is 15.8 Å². The molecule has 6 heteroatoms. The smallest absolute Gasteiger partial charge is 0.189 e. The standard InChI is InChI=1S/C16H23Cl2N3O/c1-11(14-6-5-12(17)10-15(14)18)21-16(19)20-8-7-13-4-2-3-9-22-13/h5-6,10-11,13H,2-4,7-9H2,1H3,(H3,19,20,21). The number of nitrogens with one attached hydrogen (secondary N) is 1. The van der Waals surface area contributed by atoms with Crippen molar-refractivity contribution in [3.05, 3.63) is 33.8 Å². The monoisotopic (exact) mass is 343 g/mol. The molecule has 2 atom stereocenters. The van der Waals surface area contributed by atoms with E-state index < -0.39 is 0 Å². The Morgan fingerprint density at radius 2 is 2.27 bits per heavy atom. The zero-order chi connectivity index (χ0) is 15.9. The van der Waals surface area contributed by atoms with Gasteiger partial charge in [-0.05, 0) is 50.3 Å². The quantitative estimate of drug-likeness (QED) is 0.629. The van der Waals surface area contributed by atoms with Gasteiger partial charge in [0.05, 0.1) is 12.1 Å².